The number of hydrogen-bond acceptors (Lipinski definition) is 7. The van der Waals surface area contributed by atoms with Gasteiger partial charge in [-0.25, -0.2) is 8.42 Å². The second kappa shape index (κ2) is 10.3. The number of nitro groups is 1. The molecule has 0 unspecified atom stereocenters. The quantitative estimate of drug-likeness (QED) is 0.329. The largest absolute Gasteiger partial charge is 0.383 e. The summed E-state index contributed by atoms with van der Waals surface area (Å²) in [7, 11) is -1.99. The number of aromatic nitrogens is 1. The second-order valence-corrected chi connectivity index (χ2v) is 10.4. The summed E-state index contributed by atoms with van der Waals surface area (Å²) in [6.45, 7) is 0.773. The molecule has 3 rings (SSSR count). The van der Waals surface area contributed by atoms with Gasteiger partial charge in [0, 0.05) is 37.2 Å². The molecule has 0 radical (unpaired) electrons. The molecule has 12 heteroatoms. The smallest absolute Gasteiger partial charge is 0.270 e. The molecule has 0 N–H and O–H groups in total. The van der Waals surface area contributed by atoms with Gasteiger partial charge in [-0.3, -0.25) is 14.9 Å². The third kappa shape index (κ3) is 5.80. The van der Waals surface area contributed by atoms with E-state index in [2.05, 4.69) is 4.99 Å². The number of thiazole rings is 1. The van der Waals surface area contributed by atoms with Crippen molar-refractivity contribution >= 4 is 54.6 Å². The number of nitrogens with zero attached hydrogens (tertiary/aromatic N) is 3. The third-order valence-electron chi connectivity index (χ3n) is 4.59. The van der Waals surface area contributed by atoms with E-state index in [1.54, 1.807) is 17.7 Å². The molecule has 0 fully saturated rings. The van der Waals surface area contributed by atoms with Gasteiger partial charge in [-0.2, -0.15) is 4.99 Å². The summed E-state index contributed by atoms with van der Waals surface area (Å²) < 4.78 is 32.3. The Bertz CT molecular complexity index is 1310. The fourth-order valence-electron chi connectivity index (χ4n) is 3.00. The fourth-order valence-corrected chi connectivity index (χ4v) is 5.54. The first-order valence-corrected chi connectivity index (χ1v) is 12.4. The van der Waals surface area contributed by atoms with Crippen molar-refractivity contribution in [1.29, 1.82) is 0 Å². The molecular weight excluding hydrogens is 478 g/mol. The van der Waals surface area contributed by atoms with Crippen molar-refractivity contribution in [3.05, 3.63) is 62.4 Å². The van der Waals surface area contributed by atoms with Gasteiger partial charge in [0.15, 0.2) is 14.6 Å². The van der Waals surface area contributed by atoms with E-state index in [0.29, 0.717) is 33.2 Å². The average Bonchev–Trinajstić information content (AvgIpc) is 3.08. The molecule has 0 saturated carbocycles. The molecule has 9 nitrogen and oxygen atoms in total. The lowest BCUT2D eigenvalue weighted by Gasteiger charge is -2.05. The summed E-state index contributed by atoms with van der Waals surface area (Å²) in [6, 6.07) is 10.3. The van der Waals surface area contributed by atoms with E-state index in [4.69, 9.17) is 16.3 Å². The Morgan fingerprint density at radius 3 is 2.62 bits per heavy atom. The van der Waals surface area contributed by atoms with Crippen molar-refractivity contribution in [3.63, 3.8) is 0 Å². The van der Waals surface area contributed by atoms with Crippen molar-refractivity contribution in [2.24, 2.45) is 4.99 Å². The van der Waals surface area contributed by atoms with E-state index in [-0.39, 0.29) is 29.2 Å². The van der Waals surface area contributed by atoms with Crippen molar-refractivity contribution in [1.82, 2.24) is 4.57 Å². The van der Waals surface area contributed by atoms with Gasteiger partial charge in [-0.05, 0) is 36.8 Å². The highest BCUT2D eigenvalue weighted by Gasteiger charge is 2.16. The van der Waals surface area contributed by atoms with Crippen molar-refractivity contribution in [2.75, 3.05) is 19.5 Å². The number of carbonyl (C=O) groups excluding carboxylic acids is 1. The SMILES string of the molecule is COCCn1c(=NC(=O)CCCS(=O)(=O)c2ccc(Cl)cc2)sc2cc([N+](=O)[O-])ccc21. The molecule has 0 aliphatic heterocycles. The van der Waals surface area contributed by atoms with Crippen LogP contribution in [0.2, 0.25) is 5.02 Å². The van der Waals surface area contributed by atoms with Crippen LogP contribution in [0.15, 0.2) is 52.4 Å². The second-order valence-electron chi connectivity index (χ2n) is 6.82. The molecule has 0 aliphatic carbocycles. The maximum atomic E-state index is 12.4. The molecule has 3 aromatic rings. The minimum atomic E-state index is -3.53. The number of hydrogen-bond donors (Lipinski definition) is 0. The van der Waals surface area contributed by atoms with E-state index < -0.39 is 20.7 Å². The number of benzene rings is 2. The van der Waals surface area contributed by atoms with Crippen molar-refractivity contribution < 1.29 is 22.9 Å². The summed E-state index contributed by atoms with van der Waals surface area (Å²) in [5.41, 5.74) is 0.650. The standard InChI is InChI=1S/C20H20ClN3O6S2/c1-30-11-10-23-17-9-6-15(24(26)27)13-18(17)31-20(23)22-19(25)3-2-12-32(28,29)16-7-4-14(21)5-8-16/h4-9,13H,2-3,10-12H2,1H3. The predicted octanol–water partition coefficient (Wildman–Crippen LogP) is 3.59. The number of amides is 1. The van der Waals surface area contributed by atoms with Gasteiger partial charge in [-0.15, -0.1) is 0 Å². The van der Waals surface area contributed by atoms with Crippen LogP contribution in [0.4, 0.5) is 5.69 Å². The number of sulfone groups is 1. The topological polar surface area (TPSA) is 121 Å². The highest BCUT2D eigenvalue weighted by atomic mass is 35.5. The van der Waals surface area contributed by atoms with E-state index in [0.717, 1.165) is 11.3 Å². The lowest BCUT2D eigenvalue weighted by molar-refractivity contribution is -0.384. The Morgan fingerprint density at radius 1 is 1.25 bits per heavy atom. The van der Waals surface area contributed by atoms with Crippen molar-refractivity contribution in [3.8, 4) is 0 Å². The normalized spacial score (nSPS) is 12.4. The average molecular weight is 498 g/mol. The number of nitro benzene ring substituents is 1. The Kier molecular flexibility index (Phi) is 7.77. The number of methoxy groups -OCH3 is 1. The molecule has 1 amide bonds. The highest BCUT2D eigenvalue weighted by Crippen LogP contribution is 2.23. The third-order valence-corrected chi connectivity index (χ3v) is 7.70. The first-order valence-electron chi connectivity index (χ1n) is 9.54. The summed E-state index contributed by atoms with van der Waals surface area (Å²) in [4.78, 5) is 27.7. The molecule has 2 aromatic carbocycles. The molecule has 0 bridgehead atoms. The van der Waals surface area contributed by atoms with Crippen LogP contribution < -0.4 is 4.80 Å². The fraction of sp³-hybridized carbons (Fsp3) is 0.300. The number of carbonyl (C=O) groups is 1. The van der Waals surface area contributed by atoms with Gasteiger partial charge >= 0.3 is 0 Å². The van der Waals surface area contributed by atoms with Gasteiger partial charge in [0.05, 0.1) is 32.4 Å². The molecule has 32 heavy (non-hydrogen) atoms. The molecular formula is C20H20ClN3O6S2. The maximum absolute atomic E-state index is 12.4. The summed E-state index contributed by atoms with van der Waals surface area (Å²) >= 11 is 6.94. The van der Waals surface area contributed by atoms with Crippen LogP contribution in [-0.4, -0.2) is 43.3 Å². The van der Waals surface area contributed by atoms with E-state index in [9.17, 15) is 23.3 Å². The Morgan fingerprint density at radius 2 is 1.97 bits per heavy atom. The minimum Gasteiger partial charge on any atom is -0.383 e. The number of fused-ring (bicyclic) bond motifs is 1. The van der Waals surface area contributed by atoms with Crippen LogP contribution in [0.3, 0.4) is 0 Å². The van der Waals surface area contributed by atoms with Crippen LogP contribution in [0.25, 0.3) is 10.2 Å². The van der Waals surface area contributed by atoms with Gasteiger partial charge in [0.2, 0.25) is 5.91 Å². The zero-order chi connectivity index (χ0) is 23.3. The first-order chi connectivity index (χ1) is 15.2. The molecule has 170 valence electrons. The maximum Gasteiger partial charge on any atom is 0.270 e. The number of halogens is 1. The molecule has 0 atom stereocenters. The molecule has 0 saturated heterocycles. The number of non-ortho nitro benzene ring substituents is 1. The molecule has 0 aliphatic rings. The highest BCUT2D eigenvalue weighted by molar-refractivity contribution is 7.91. The van der Waals surface area contributed by atoms with E-state index in [1.165, 1.54) is 36.4 Å². The Balaban J connectivity index is 1.78. The van der Waals surface area contributed by atoms with Gasteiger partial charge < -0.3 is 9.30 Å². The Labute approximate surface area is 193 Å². The number of rotatable bonds is 9. The zero-order valence-electron chi connectivity index (χ0n) is 17.1. The van der Waals surface area contributed by atoms with Gasteiger partial charge in [0.25, 0.3) is 5.69 Å². The Hall–Kier alpha value is -2.60. The summed E-state index contributed by atoms with van der Waals surface area (Å²) in [6.07, 6.45) is 0.0627. The van der Waals surface area contributed by atoms with Crippen molar-refractivity contribution in [2.45, 2.75) is 24.3 Å². The van der Waals surface area contributed by atoms with Crippen LogP contribution in [0.1, 0.15) is 12.8 Å². The minimum absolute atomic E-state index is 0.0501. The molecule has 1 aromatic heterocycles. The van der Waals surface area contributed by atoms with Crippen LogP contribution in [-0.2, 0) is 25.9 Å². The van der Waals surface area contributed by atoms with E-state index in [1.807, 2.05) is 0 Å². The lowest BCUT2D eigenvalue weighted by atomic mass is 10.3. The van der Waals surface area contributed by atoms with Crippen LogP contribution >= 0.6 is 22.9 Å². The van der Waals surface area contributed by atoms with Crippen LogP contribution in [0, 0.1) is 10.1 Å². The van der Waals surface area contributed by atoms with E-state index >= 15 is 0 Å². The van der Waals surface area contributed by atoms with Crippen LogP contribution in [0.5, 0.6) is 0 Å². The first kappa shape index (κ1) is 24.1. The summed E-state index contributed by atoms with van der Waals surface area (Å²) in [5.74, 6) is -0.665. The molecule has 1 heterocycles. The zero-order valence-corrected chi connectivity index (χ0v) is 19.5. The summed E-state index contributed by atoms with van der Waals surface area (Å²) in [5, 5.41) is 11.5. The number of ether oxygens (including phenoxy) is 1. The lowest BCUT2D eigenvalue weighted by Crippen LogP contribution is -2.19. The van der Waals surface area contributed by atoms with Gasteiger partial charge in [0.1, 0.15) is 0 Å². The predicted molar refractivity (Wildman–Crippen MR) is 122 cm³/mol. The van der Waals surface area contributed by atoms with Gasteiger partial charge in [-0.1, -0.05) is 22.9 Å². The monoisotopic (exact) mass is 497 g/mol. The molecule has 0 spiro atoms.